The Bertz CT molecular complexity index is 174. The highest BCUT2D eigenvalue weighted by Crippen LogP contribution is 2.43. The SMILES string of the molecule is C[C@@H]1[C@@H](CO)[C@@H]2C=C[C@H]1CC2. The molecule has 3 rings (SSSR count). The van der Waals surface area contributed by atoms with E-state index in [9.17, 15) is 0 Å². The van der Waals surface area contributed by atoms with Gasteiger partial charge in [-0.2, -0.15) is 0 Å². The molecule has 0 aromatic rings. The molecule has 0 amide bonds. The van der Waals surface area contributed by atoms with Crippen LogP contribution in [0.1, 0.15) is 19.8 Å². The molecule has 62 valence electrons. The zero-order valence-electron chi connectivity index (χ0n) is 7.03. The number of hydrogen-bond donors (Lipinski definition) is 1. The maximum Gasteiger partial charge on any atom is 0.0467 e. The number of hydrogen-bond acceptors (Lipinski definition) is 1. The summed E-state index contributed by atoms with van der Waals surface area (Å²) in [5.41, 5.74) is 0. The van der Waals surface area contributed by atoms with Crippen LogP contribution >= 0.6 is 0 Å². The third-order valence-corrected chi connectivity index (χ3v) is 3.55. The lowest BCUT2D eigenvalue weighted by Gasteiger charge is -2.42. The summed E-state index contributed by atoms with van der Waals surface area (Å²) in [5, 5.41) is 9.15. The van der Waals surface area contributed by atoms with Gasteiger partial charge in [-0.15, -0.1) is 0 Å². The lowest BCUT2D eigenvalue weighted by molar-refractivity contribution is 0.0738. The lowest BCUT2D eigenvalue weighted by Crippen LogP contribution is -2.37. The minimum Gasteiger partial charge on any atom is -0.396 e. The fourth-order valence-corrected chi connectivity index (χ4v) is 2.67. The summed E-state index contributed by atoms with van der Waals surface area (Å²) in [6.07, 6.45) is 7.32. The van der Waals surface area contributed by atoms with Gasteiger partial charge in [0.25, 0.3) is 0 Å². The molecule has 1 heteroatoms. The summed E-state index contributed by atoms with van der Waals surface area (Å²) in [7, 11) is 0. The monoisotopic (exact) mass is 152 g/mol. The Labute approximate surface area is 68.1 Å². The van der Waals surface area contributed by atoms with Gasteiger partial charge >= 0.3 is 0 Å². The van der Waals surface area contributed by atoms with Crippen LogP contribution in [-0.4, -0.2) is 11.7 Å². The van der Waals surface area contributed by atoms with Crippen LogP contribution in [0, 0.1) is 23.7 Å². The molecule has 4 atom stereocenters. The van der Waals surface area contributed by atoms with Crippen molar-refractivity contribution in [2.75, 3.05) is 6.61 Å². The lowest BCUT2D eigenvalue weighted by atomic mass is 9.63. The van der Waals surface area contributed by atoms with Gasteiger partial charge in [0.15, 0.2) is 0 Å². The Morgan fingerprint density at radius 3 is 2.27 bits per heavy atom. The molecule has 1 N–H and O–H groups in total. The van der Waals surface area contributed by atoms with E-state index in [4.69, 9.17) is 5.11 Å². The normalized spacial score (nSPS) is 48.2. The molecule has 1 fully saturated rings. The first-order valence-electron chi connectivity index (χ1n) is 4.62. The van der Waals surface area contributed by atoms with Gasteiger partial charge in [0.05, 0.1) is 0 Å². The predicted molar refractivity (Wildman–Crippen MR) is 45.1 cm³/mol. The van der Waals surface area contributed by atoms with Crippen LogP contribution in [0.5, 0.6) is 0 Å². The topological polar surface area (TPSA) is 20.2 Å². The molecule has 0 radical (unpaired) electrons. The van der Waals surface area contributed by atoms with E-state index in [1.165, 1.54) is 12.8 Å². The molecular weight excluding hydrogens is 136 g/mol. The van der Waals surface area contributed by atoms with Gasteiger partial charge in [0.2, 0.25) is 0 Å². The summed E-state index contributed by atoms with van der Waals surface area (Å²) in [6, 6.07) is 0. The molecule has 0 spiro atoms. The molecule has 11 heavy (non-hydrogen) atoms. The first kappa shape index (κ1) is 7.35. The molecule has 0 saturated heterocycles. The van der Waals surface area contributed by atoms with Gasteiger partial charge < -0.3 is 5.11 Å². The van der Waals surface area contributed by atoms with E-state index in [2.05, 4.69) is 19.1 Å². The first-order valence-corrected chi connectivity index (χ1v) is 4.62. The van der Waals surface area contributed by atoms with Crippen molar-refractivity contribution in [3.63, 3.8) is 0 Å². The second kappa shape index (κ2) is 2.63. The summed E-state index contributed by atoms with van der Waals surface area (Å²) >= 11 is 0. The molecule has 3 aliphatic carbocycles. The highest BCUT2D eigenvalue weighted by Gasteiger charge is 2.37. The van der Waals surface area contributed by atoms with E-state index < -0.39 is 0 Å². The van der Waals surface area contributed by atoms with Crippen molar-refractivity contribution in [3.05, 3.63) is 12.2 Å². The summed E-state index contributed by atoms with van der Waals surface area (Å²) in [5.74, 6) is 2.71. The van der Waals surface area contributed by atoms with E-state index in [1.54, 1.807) is 0 Å². The fraction of sp³-hybridized carbons (Fsp3) is 0.800. The van der Waals surface area contributed by atoms with Crippen molar-refractivity contribution >= 4 is 0 Å². The van der Waals surface area contributed by atoms with Crippen LogP contribution in [0.4, 0.5) is 0 Å². The largest absolute Gasteiger partial charge is 0.396 e. The molecular formula is C10H16O. The molecule has 0 aromatic carbocycles. The van der Waals surface area contributed by atoms with E-state index in [-0.39, 0.29) is 0 Å². The quantitative estimate of drug-likeness (QED) is 0.568. The van der Waals surface area contributed by atoms with Crippen LogP contribution in [0.2, 0.25) is 0 Å². The molecule has 0 unspecified atom stereocenters. The maximum absolute atomic E-state index is 9.15. The molecule has 0 aromatic heterocycles. The van der Waals surface area contributed by atoms with Crippen LogP contribution in [0.15, 0.2) is 12.2 Å². The molecule has 0 aliphatic heterocycles. The maximum atomic E-state index is 9.15. The third-order valence-electron chi connectivity index (χ3n) is 3.55. The summed E-state index contributed by atoms with van der Waals surface area (Å²) < 4.78 is 0. The van der Waals surface area contributed by atoms with Crippen LogP contribution in [0.3, 0.4) is 0 Å². The molecule has 1 saturated carbocycles. The zero-order valence-corrected chi connectivity index (χ0v) is 7.03. The second-order valence-corrected chi connectivity index (χ2v) is 4.00. The Balaban J connectivity index is 2.19. The van der Waals surface area contributed by atoms with Gasteiger partial charge in [-0.3, -0.25) is 0 Å². The average Bonchev–Trinajstić information content (AvgIpc) is 2.06. The van der Waals surface area contributed by atoms with Crippen LogP contribution in [-0.2, 0) is 0 Å². The van der Waals surface area contributed by atoms with Crippen molar-refractivity contribution < 1.29 is 5.11 Å². The third kappa shape index (κ3) is 1.02. The molecule has 1 nitrogen and oxygen atoms in total. The number of aliphatic hydroxyl groups excluding tert-OH is 1. The van der Waals surface area contributed by atoms with E-state index in [0.717, 1.165) is 5.92 Å². The second-order valence-electron chi connectivity index (χ2n) is 4.00. The summed E-state index contributed by atoms with van der Waals surface area (Å²) in [6.45, 7) is 2.66. The van der Waals surface area contributed by atoms with Crippen LogP contribution in [0.25, 0.3) is 0 Å². The predicted octanol–water partition coefficient (Wildman–Crippen LogP) is 1.83. The average molecular weight is 152 g/mol. The Kier molecular flexibility index (Phi) is 1.76. The number of fused-ring (bicyclic) bond motifs is 2. The van der Waals surface area contributed by atoms with Gasteiger partial charge in [-0.1, -0.05) is 19.1 Å². The first-order chi connectivity index (χ1) is 5.33. The molecule has 0 heterocycles. The van der Waals surface area contributed by atoms with Gasteiger partial charge in [0.1, 0.15) is 0 Å². The van der Waals surface area contributed by atoms with Crippen molar-refractivity contribution in [3.8, 4) is 0 Å². The van der Waals surface area contributed by atoms with Crippen molar-refractivity contribution in [1.29, 1.82) is 0 Å². The Hall–Kier alpha value is -0.300. The van der Waals surface area contributed by atoms with Gasteiger partial charge in [0, 0.05) is 6.61 Å². The highest BCUT2D eigenvalue weighted by molar-refractivity contribution is 5.08. The van der Waals surface area contributed by atoms with Crippen molar-refractivity contribution in [1.82, 2.24) is 0 Å². The van der Waals surface area contributed by atoms with Gasteiger partial charge in [-0.25, -0.2) is 0 Å². The molecule has 3 aliphatic rings. The molecule has 2 bridgehead atoms. The smallest absolute Gasteiger partial charge is 0.0467 e. The van der Waals surface area contributed by atoms with Crippen molar-refractivity contribution in [2.24, 2.45) is 23.7 Å². The van der Waals surface area contributed by atoms with Crippen molar-refractivity contribution in [2.45, 2.75) is 19.8 Å². The zero-order chi connectivity index (χ0) is 7.84. The van der Waals surface area contributed by atoms with E-state index in [0.29, 0.717) is 24.4 Å². The summed E-state index contributed by atoms with van der Waals surface area (Å²) in [4.78, 5) is 0. The van der Waals surface area contributed by atoms with Crippen LogP contribution < -0.4 is 0 Å². The Morgan fingerprint density at radius 1 is 1.27 bits per heavy atom. The van der Waals surface area contributed by atoms with Gasteiger partial charge in [-0.05, 0) is 36.5 Å². The number of aliphatic hydroxyl groups is 1. The van der Waals surface area contributed by atoms with E-state index >= 15 is 0 Å². The minimum absolute atomic E-state index is 0.382. The minimum atomic E-state index is 0.382. The fourth-order valence-electron chi connectivity index (χ4n) is 2.67. The Morgan fingerprint density at radius 2 is 1.91 bits per heavy atom. The number of allylic oxidation sites excluding steroid dienone is 2. The standard InChI is InChI=1S/C10H16O/c1-7-8-2-4-9(5-3-8)10(7)6-11/h2,4,7-11H,3,5-6H2,1H3/t7-,8-,9+,10+/m0/s1. The highest BCUT2D eigenvalue weighted by atomic mass is 16.3. The van der Waals surface area contributed by atoms with E-state index in [1.807, 2.05) is 0 Å². The number of rotatable bonds is 1.